The summed E-state index contributed by atoms with van der Waals surface area (Å²) in [5.41, 5.74) is 0. The molecule has 0 aliphatic heterocycles. The van der Waals surface area contributed by atoms with E-state index in [9.17, 15) is 0 Å². The van der Waals surface area contributed by atoms with Gasteiger partial charge in [0.1, 0.15) is 5.76 Å². The van der Waals surface area contributed by atoms with E-state index < -0.39 is 0 Å². The molecule has 0 spiro atoms. The summed E-state index contributed by atoms with van der Waals surface area (Å²) in [6, 6.07) is 0. The predicted octanol–water partition coefficient (Wildman–Crippen LogP) is 1.95. The van der Waals surface area contributed by atoms with Crippen LogP contribution in [0.4, 0.5) is 0 Å². The predicted molar refractivity (Wildman–Crippen MR) is 50.6 cm³/mol. The number of rotatable bonds is 2. The lowest BCUT2D eigenvalue weighted by molar-refractivity contribution is 0.306. The van der Waals surface area contributed by atoms with Gasteiger partial charge in [0.05, 0.1) is 7.11 Å². The summed E-state index contributed by atoms with van der Waals surface area (Å²) in [5.74, 6) is 0.910. The summed E-state index contributed by atoms with van der Waals surface area (Å²) in [5, 5.41) is 2.75. The summed E-state index contributed by atoms with van der Waals surface area (Å²) in [7, 11) is 5.41. The Morgan fingerprint density at radius 1 is 1.27 bits per heavy atom. The highest BCUT2D eigenvalue weighted by molar-refractivity contribution is 5.09. The number of ether oxygens (including phenoxy) is 1. The first-order valence-electron chi connectivity index (χ1n) is 3.68. The third-order valence-corrected chi connectivity index (χ3v) is 0.851. The topological polar surface area (TPSA) is 21.3 Å². The maximum atomic E-state index is 4.91. The van der Waals surface area contributed by atoms with E-state index in [1.807, 2.05) is 46.2 Å². The van der Waals surface area contributed by atoms with E-state index in [1.54, 1.807) is 7.11 Å². The second-order valence-electron chi connectivity index (χ2n) is 1.90. The molecule has 0 saturated carbocycles. The number of nitrogens with one attached hydrogen (secondary N) is 1. The first-order valence-corrected chi connectivity index (χ1v) is 3.68. The van der Waals surface area contributed by atoms with Crippen LogP contribution < -0.4 is 5.32 Å². The van der Waals surface area contributed by atoms with Crippen molar-refractivity contribution in [1.29, 1.82) is 0 Å². The average Bonchev–Trinajstić information content (AvgIpc) is 2.02. The van der Waals surface area contributed by atoms with Crippen molar-refractivity contribution in [1.82, 2.24) is 5.32 Å². The van der Waals surface area contributed by atoms with Crippen LogP contribution >= 0.6 is 0 Å². The molecule has 1 N–H and O–H groups in total. The van der Waals surface area contributed by atoms with E-state index in [4.69, 9.17) is 4.74 Å². The van der Waals surface area contributed by atoms with E-state index in [0.717, 1.165) is 5.76 Å². The van der Waals surface area contributed by atoms with Gasteiger partial charge in [0.15, 0.2) is 0 Å². The SMILES string of the molecule is C/C=C\C(=C/C)OC.CNC. The van der Waals surface area contributed by atoms with Gasteiger partial charge in [-0.3, -0.25) is 0 Å². The summed E-state index contributed by atoms with van der Waals surface area (Å²) in [4.78, 5) is 0. The second-order valence-corrected chi connectivity index (χ2v) is 1.90. The average molecular weight is 157 g/mol. The molecule has 0 unspecified atom stereocenters. The lowest BCUT2D eigenvalue weighted by Gasteiger charge is -1.94. The molecule has 66 valence electrons. The lowest BCUT2D eigenvalue weighted by Crippen LogP contribution is -1.89. The molecule has 0 saturated heterocycles. The molecule has 0 rings (SSSR count). The van der Waals surface area contributed by atoms with Crippen LogP contribution in [0.5, 0.6) is 0 Å². The number of hydrogen-bond acceptors (Lipinski definition) is 2. The van der Waals surface area contributed by atoms with Gasteiger partial charge in [-0.2, -0.15) is 0 Å². The molecule has 0 aromatic carbocycles. The zero-order chi connectivity index (χ0) is 9.11. The molecule has 0 heterocycles. The van der Waals surface area contributed by atoms with Crippen molar-refractivity contribution < 1.29 is 4.74 Å². The molecule has 0 bridgehead atoms. The minimum Gasteiger partial charge on any atom is -0.497 e. The first kappa shape index (κ1) is 12.9. The van der Waals surface area contributed by atoms with Gasteiger partial charge in [0.2, 0.25) is 0 Å². The van der Waals surface area contributed by atoms with Crippen LogP contribution in [0.1, 0.15) is 13.8 Å². The molecule has 0 fully saturated rings. The van der Waals surface area contributed by atoms with Gasteiger partial charge in [-0.1, -0.05) is 6.08 Å². The fraction of sp³-hybridized carbons (Fsp3) is 0.556. The van der Waals surface area contributed by atoms with E-state index in [2.05, 4.69) is 5.32 Å². The molecule has 0 aromatic heterocycles. The Morgan fingerprint density at radius 2 is 1.73 bits per heavy atom. The Labute approximate surface area is 69.9 Å². The van der Waals surface area contributed by atoms with Gasteiger partial charge in [-0.05, 0) is 40.1 Å². The summed E-state index contributed by atoms with van der Waals surface area (Å²) < 4.78 is 4.91. The largest absolute Gasteiger partial charge is 0.497 e. The van der Waals surface area contributed by atoms with Crippen molar-refractivity contribution in [2.24, 2.45) is 0 Å². The van der Waals surface area contributed by atoms with Crippen LogP contribution in [0.25, 0.3) is 0 Å². The van der Waals surface area contributed by atoms with Gasteiger partial charge in [0, 0.05) is 0 Å². The van der Waals surface area contributed by atoms with Crippen LogP contribution in [0.3, 0.4) is 0 Å². The van der Waals surface area contributed by atoms with Crippen LogP contribution in [-0.4, -0.2) is 21.2 Å². The normalized spacial score (nSPS) is 10.8. The fourth-order valence-corrected chi connectivity index (χ4v) is 0.446. The maximum absolute atomic E-state index is 4.91. The minimum atomic E-state index is 0.910. The molecule has 11 heavy (non-hydrogen) atoms. The van der Waals surface area contributed by atoms with Gasteiger partial charge in [-0.25, -0.2) is 0 Å². The smallest absolute Gasteiger partial charge is 0.114 e. The molecular formula is C9H19NO. The first-order chi connectivity index (χ1) is 5.26. The zero-order valence-electron chi connectivity index (χ0n) is 8.14. The van der Waals surface area contributed by atoms with Crippen molar-refractivity contribution in [2.75, 3.05) is 21.2 Å². The van der Waals surface area contributed by atoms with Crippen molar-refractivity contribution in [3.05, 3.63) is 24.0 Å². The monoisotopic (exact) mass is 157 g/mol. The van der Waals surface area contributed by atoms with Gasteiger partial charge < -0.3 is 10.1 Å². The van der Waals surface area contributed by atoms with E-state index >= 15 is 0 Å². The molecule has 2 heteroatoms. The number of hydrogen-bond donors (Lipinski definition) is 1. The quantitative estimate of drug-likeness (QED) is 0.488. The Hall–Kier alpha value is -0.760. The molecular weight excluding hydrogens is 138 g/mol. The number of methoxy groups -OCH3 is 1. The van der Waals surface area contributed by atoms with E-state index in [-0.39, 0.29) is 0 Å². The number of allylic oxidation sites excluding steroid dienone is 3. The third kappa shape index (κ3) is 12.4. The summed E-state index contributed by atoms with van der Waals surface area (Å²) >= 11 is 0. The highest BCUT2D eigenvalue weighted by Gasteiger charge is 1.79. The van der Waals surface area contributed by atoms with Gasteiger partial charge in [-0.15, -0.1) is 0 Å². The van der Waals surface area contributed by atoms with Crippen LogP contribution in [0.15, 0.2) is 24.0 Å². The Balaban J connectivity index is 0. The fourth-order valence-electron chi connectivity index (χ4n) is 0.446. The molecule has 0 aromatic rings. The summed E-state index contributed by atoms with van der Waals surface area (Å²) in [6.45, 7) is 3.90. The highest BCUT2D eigenvalue weighted by Crippen LogP contribution is 1.94. The third-order valence-electron chi connectivity index (χ3n) is 0.851. The van der Waals surface area contributed by atoms with Crippen molar-refractivity contribution in [2.45, 2.75) is 13.8 Å². The summed E-state index contributed by atoms with van der Waals surface area (Å²) in [6.07, 6.45) is 5.78. The second kappa shape index (κ2) is 12.0. The van der Waals surface area contributed by atoms with E-state index in [1.165, 1.54) is 0 Å². The van der Waals surface area contributed by atoms with Gasteiger partial charge in [0.25, 0.3) is 0 Å². The van der Waals surface area contributed by atoms with Crippen molar-refractivity contribution in [3.63, 3.8) is 0 Å². The van der Waals surface area contributed by atoms with Crippen molar-refractivity contribution in [3.8, 4) is 0 Å². The van der Waals surface area contributed by atoms with Gasteiger partial charge >= 0.3 is 0 Å². The minimum absolute atomic E-state index is 0.910. The molecule has 0 aliphatic rings. The molecule has 0 amide bonds. The van der Waals surface area contributed by atoms with E-state index in [0.29, 0.717) is 0 Å². The Morgan fingerprint density at radius 3 is 1.82 bits per heavy atom. The van der Waals surface area contributed by atoms with Crippen LogP contribution in [0, 0.1) is 0 Å². The lowest BCUT2D eigenvalue weighted by atomic mass is 10.4. The molecule has 0 radical (unpaired) electrons. The Bertz CT molecular complexity index is 114. The molecule has 0 atom stereocenters. The standard InChI is InChI=1S/C7H12O.C2H7N/c1-4-6-7(5-2)8-3;1-3-2/h4-6H,1-3H3;3H,1-2H3/b6-4-,7-5+;. The molecule has 2 nitrogen and oxygen atoms in total. The van der Waals surface area contributed by atoms with Crippen LogP contribution in [0.2, 0.25) is 0 Å². The Kier molecular flexibility index (Phi) is 14.0. The molecule has 0 aliphatic carbocycles. The van der Waals surface area contributed by atoms with Crippen LogP contribution in [-0.2, 0) is 4.74 Å². The van der Waals surface area contributed by atoms with Crippen molar-refractivity contribution >= 4 is 0 Å². The highest BCUT2D eigenvalue weighted by atomic mass is 16.5. The maximum Gasteiger partial charge on any atom is 0.114 e. The zero-order valence-corrected chi connectivity index (χ0v) is 8.14.